The van der Waals surface area contributed by atoms with Crippen molar-refractivity contribution in [1.82, 2.24) is 5.32 Å². The first-order chi connectivity index (χ1) is 10.6. The quantitative estimate of drug-likeness (QED) is 0.795. The molecule has 0 saturated heterocycles. The molecule has 0 heterocycles. The fourth-order valence-electron chi connectivity index (χ4n) is 1.77. The van der Waals surface area contributed by atoms with Crippen LogP contribution in [0.3, 0.4) is 0 Å². The van der Waals surface area contributed by atoms with Crippen LogP contribution >= 0.6 is 15.9 Å². The summed E-state index contributed by atoms with van der Waals surface area (Å²) in [6, 6.07) is 11.1. The van der Waals surface area contributed by atoms with E-state index in [0.717, 1.165) is 5.75 Å². The van der Waals surface area contributed by atoms with E-state index in [4.69, 9.17) is 9.47 Å². The van der Waals surface area contributed by atoms with Gasteiger partial charge in [-0.05, 0) is 58.4 Å². The Morgan fingerprint density at radius 3 is 2.55 bits per heavy atom. The Morgan fingerprint density at radius 1 is 1.18 bits per heavy atom. The summed E-state index contributed by atoms with van der Waals surface area (Å²) in [6.45, 7) is 0.624. The summed E-state index contributed by atoms with van der Waals surface area (Å²) >= 11 is 3.22. The third kappa shape index (κ3) is 4.46. The van der Waals surface area contributed by atoms with Crippen molar-refractivity contribution in [3.05, 3.63) is 58.3 Å². The lowest BCUT2D eigenvalue weighted by Crippen LogP contribution is -2.28. The first kappa shape index (κ1) is 16.3. The zero-order valence-corrected chi connectivity index (χ0v) is 13.5. The zero-order valence-electron chi connectivity index (χ0n) is 11.9. The van der Waals surface area contributed by atoms with E-state index in [9.17, 15) is 9.18 Å². The maximum atomic E-state index is 13.1. The van der Waals surface area contributed by atoms with Gasteiger partial charge in [0.05, 0.1) is 19.2 Å². The van der Waals surface area contributed by atoms with E-state index in [1.807, 2.05) is 0 Å². The number of methoxy groups -OCH3 is 1. The molecule has 2 aromatic rings. The molecule has 2 aromatic carbocycles. The summed E-state index contributed by atoms with van der Waals surface area (Å²) in [5.41, 5.74) is 0.254. The molecule has 4 nitrogen and oxygen atoms in total. The third-order valence-electron chi connectivity index (χ3n) is 2.89. The van der Waals surface area contributed by atoms with E-state index in [1.165, 1.54) is 18.2 Å². The monoisotopic (exact) mass is 367 g/mol. The Balaban J connectivity index is 1.80. The van der Waals surface area contributed by atoms with Crippen LogP contribution in [0.5, 0.6) is 11.5 Å². The molecule has 1 amide bonds. The molecular formula is C16H15BrFNO3. The fraction of sp³-hybridized carbons (Fsp3) is 0.188. The van der Waals surface area contributed by atoms with Crippen LogP contribution in [0.15, 0.2) is 46.9 Å². The van der Waals surface area contributed by atoms with Crippen LogP contribution in [-0.4, -0.2) is 26.2 Å². The average Bonchev–Trinajstić information content (AvgIpc) is 2.54. The van der Waals surface area contributed by atoms with Gasteiger partial charge < -0.3 is 14.8 Å². The molecule has 0 atom stereocenters. The number of rotatable bonds is 6. The van der Waals surface area contributed by atoms with Crippen molar-refractivity contribution in [2.24, 2.45) is 0 Å². The molecule has 0 aliphatic rings. The number of ether oxygens (including phenoxy) is 2. The fourth-order valence-corrected chi connectivity index (χ4v) is 2.20. The van der Waals surface area contributed by atoms with Gasteiger partial charge in [-0.15, -0.1) is 0 Å². The molecule has 2 rings (SSSR count). The summed E-state index contributed by atoms with van der Waals surface area (Å²) in [4.78, 5) is 11.9. The summed E-state index contributed by atoms with van der Waals surface area (Å²) in [6.07, 6.45) is 0. The number of hydrogen-bond acceptors (Lipinski definition) is 3. The molecule has 0 fully saturated rings. The lowest BCUT2D eigenvalue weighted by atomic mass is 10.2. The topological polar surface area (TPSA) is 47.6 Å². The number of halogens is 2. The lowest BCUT2D eigenvalue weighted by Gasteiger charge is -2.09. The van der Waals surface area contributed by atoms with E-state index in [-0.39, 0.29) is 11.5 Å². The summed E-state index contributed by atoms with van der Waals surface area (Å²) < 4.78 is 24.2. The SMILES string of the molecule is COc1ccc(OCCNC(=O)c2cc(F)ccc2Br)cc1. The maximum absolute atomic E-state index is 13.1. The molecule has 1 N–H and O–H groups in total. The molecule has 6 heteroatoms. The zero-order chi connectivity index (χ0) is 15.9. The Bertz CT molecular complexity index is 646. The largest absolute Gasteiger partial charge is 0.497 e. The van der Waals surface area contributed by atoms with Crippen LogP contribution < -0.4 is 14.8 Å². The number of benzene rings is 2. The number of carbonyl (C=O) groups is 1. The van der Waals surface area contributed by atoms with Gasteiger partial charge >= 0.3 is 0 Å². The number of hydrogen-bond donors (Lipinski definition) is 1. The van der Waals surface area contributed by atoms with Gasteiger partial charge in [0.2, 0.25) is 0 Å². The van der Waals surface area contributed by atoms with Crippen LogP contribution in [-0.2, 0) is 0 Å². The third-order valence-corrected chi connectivity index (χ3v) is 3.58. The van der Waals surface area contributed by atoms with Crippen LogP contribution in [0.4, 0.5) is 4.39 Å². The van der Waals surface area contributed by atoms with Crippen molar-refractivity contribution in [2.75, 3.05) is 20.3 Å². The molecule has 0 saturated carbocycles. The van der Waals surface area contributed by atoms with Crippen LogP contribution in [0, 0.1) is 5.82 Å². The molecule has 0 bridgehead atoms. The molecule has 22 heavy (non-hydrogen) atoms. The van der Waals surface area contributed by atoms with Gasteiger partial charge in [-0.25, -0.2) is 4.39 Å². The number of carbonyl (C=O) groups excluding carboxylic acids is 1. The Hall–Kier alpha value is -2.08. The predicted octanol–water partition coefficient (Wildman–Crippen LogP) is 3.41. The summed E-state index contributed by atoms with van der Waals surface area (Å²) in [7, 11) is 1.59. The Kier molecular flexibility index (Phi) is 5.77. The van der Waals surface area contributed by atoms with E-state index in [1.54, 1.807) is 31.4 Å². The molecule has 0 unspecified atom stereocenters. The van der Waals surface area contributed by atoms with E-state index in [0.29, 0.717) is 23.4 Å². The Morgan fingerprint density at radius 2 is 1.86 bits per heavy atom. The second-order valence-electron chi connectivity index (χ2n) is 4.40. The molecule has 0 spiro atoms. The van der Waals surface area contributed by atoms with Crippen molar-refractivity contribution in [1.29, 1.82) is 0 Å². The van der Waals surface area contributed by atoms with Crippen molar-refractivity contribution in [3.8, 4) is 11.5 Å². The molecule has 116 valence electrons. The minimum Gasteiger partial charge on any atom is -0.497 e. The van der Waals surface area contributed by atoms with Gasteiger partial charge in [0, 0.05) is 4.47 Å². The highest BCUT2D eigenvalue weighted by Gasteiger charge is 2.10. The van der Waals surface area contributed by atoms with Crippen molar-refractivity contribution in [2.45, 2.75) is 0 Å². The second-order valence-corrected chi connectivity index (χ2v) is 5.26. The molecular weight excluding hydrogens is 353 g/mol. The smallest absolute Gasteiger partial charge is 0.252 e. The van der Waals surface area contributed by atoms with Gasteiger partial charge in [-0.3, -0.25) is 4.79 Å². The highest BCUT2D eigenvalue weighted by molar-refractivity contribution is 9.10. The number of nitrogens with one attached hydrogen (secondary N) is 1. The van der Waals surface area contributed by atoms with Crippen molar-refractivity contribution < 1.29 is 18.7 Å². The second kappa shape index (κ2) is 7.79. The average molecular weight is 368 g/mol. The van der Waals surface area contributed by atoms with Gasteiger partial charge in [0.1, 0.15) is 23.9 Å². The van der Waals surface area contributed by atoms with Gasteiger partial charge in [-0.2, -0.15) is 0 Å². The van der Waals surface area contributed by atoms with Crippen molar-refractivity contribution in [3.63, 3.8) is 0 Å². The van der Waals surface area contributed by atoms with E-state index < -0.39 is 5.82 Å². The van der Waals surface area contributed by atoms with Crippen molar-refractivity contribution >= 4 is 21.8 Å². The first-order valence-electron chi connectivity index (χ1n) is 6.60. The van der Waals surface area contributed by atoms with Crippen LogP contribution in [0.25, 0.3) is 0 Å². The highest BCUT2D eigenvalue weighted by Crippen LogP contribution is 2.18. The number of amides is 1. The molecule has 0 radical (unpaired) electrons. The molecule has 0 aliphatic heterocycles. The van der Waals surface area contributed by atoms with E-state index in [2.05, 4.69) is 21.2 Å². The van der Waals surface area contributed by atoms with E-state index >= 15 is 0 Å². The van der Waals surface area contributed by atoms with Crippen LogP contribution in [0.2, 0.25) is 0 Å². The van der Waals surface area contributed by atoms with Crippen LogP contribution in [0.1, 0.15) is 10.4 Å². The van der Waals surface area contributed by atoms with Gasteiger partial charge in [-0.1, -0.05) is 0 Å². The summed E-state index contributed by atoms with van der Waals surface area (Å²) in [5, 5.41) is 2.67. The first-order valence-corrected chi connectivity index (χ1v) is 7.39. The highest BCUT2D eigenvalue weighted by atomic mass is 79.9. The molecule has 0 aromatic heterocycles. The standard InChI is InChI=1S/C16H15BrFNO3/c1-21-12-3-5-13(6-4-12)22-9-8-19-16(20)14-10-11(18)2-7-15(14)17/h2-7,10H,8-9H2,1H3,(H,19,20). The van der Waals surface area contributed by atoms with Gasteiger partial charge in [0.15, 0.2) is 0 Å². The lowest BCUT2D eigenvalue weighted by molar-refractivity contribution is 0.0946. The molecule has 0 aliphatic carbocycles. The van der Waals surface area contributed by atoms with Gasteiger partial charge in [0.25, 0.3) is 5.91 Å². The summed E-state index contributed by atoms with van der Waals surface area (Å²) in [5.74, 6) is 0.617. The normalized spacial score (nSPS) is 10.1. The minimum atomic E-state index is -0.456. The Labute approximate surface area is 136 Å². The maximum Gasteiger partial charge on any atom is 0.252 e. The predicted molar refractivity (Wildman–Crippen MR) is 84.9 cm³/mol. The minimum absolute atomic E-state index is 0.254.